The van der Waals surface area contributed by atoms with Gasteiger partial charge in [0.05, 0.1) is 17.0 Å². The molecular formula is C23H20N4O. The van der Waals surface area contributed by atoms with Gasteiger partial charge in [0.15, 0.2) is 17.1 Å². The van der Waals surface area contributed by atoms with Crippen LogP contribution in [0.4, 0.5) is 0 Å². The molecule has 28 heavy (non-hydrogen) atoms. The molecule has 0 aliphatic heterocycles. The Labute approximate surface area is 163 Å². The lowest BCUT2D eigenvalue weighted by Gasteiger charge is -2.23. The molecule has 4 aromatic rings. The first-order valence-corrected chi connectivity index (χ1v) is 9.52. The lowest BCUT2D eigenvalue weighted by atomic mass is 9.83. The van der Waals surface area contributed by atoms with Gasteiger partial charge in [0, 0.05) is 6.42 Å². The van der Waals surface area contributed by atoms with E-state index in [4.69, 9.17) is 5.10 Å². The highest BCUT2D eigenvalue weighted by molar-refractivity contribution is 5.97. The van der Waals surface area contributed by atoms with Crippen molar-refractivity contribution in [1.82, 2.24) is 19.8 Å². The fourth-order valence-corrected chi connectivity index (χ4v) is 4.09. The van der Waals surface area contributed by atoms with Crippen LogP contribution in [-0.4, -0.2) is 25.6 Å². The van der Waals surface area contributed by atoms with E-state index in [0.717, 1.165) is 28.9 Å². The van der Waals surface area contributed by atoms with E-state index in [2.05, 4.69) is 41.4 Å². The van der Waals surface area contributed by atoms with Crippen molar-refractivity contribution in [2.45, 2.75) is 32.6 Å². The van der Waals surface area contributed by atoms with Gasteiger partial charge in [-0.3, -0.25) is 4.79 Å². The molecule has 2 aromatic heterocycles. The predicted molar refractivity (Wildman–Crippen MR) is 108 cm³/mol. The summed E-state index contributed by atoms with van der Waals surface area (Å²) >= 11 is 0. The molecule has 0 saturated carbocycles. The highest BCUT2D eigenvalue weighted by Crippen LogP contribution is 2.34. The van der Waals surface area contributed by atoms with Gasteiger partial charge in [-0.1, -0.05) is 60.2 Å². The van der Waals surface area contributed by atoms with Crippen molar-refractivity contribution in [3.05, 3.63) is 82.8 Å². The minimum absolute atomic E-state index is 0.0376. The van der Waals surface area contributed by atoms with Crippen molar-refractivity contribution in [3.8, 4) is 11.1 Å². The summed E-state index contributed by atoms with van der Waals surface area (Å²) < 4.78 is 1.83. The maximum Gasteiger partial charge on any atom is 0.185 e. The number of hydrogen-bond donors (Lipinski definition) is 0. The summed E-state index contributed by atoms with van der Waals surface area (Å²) in [6, 6.07) is 18.5. The van der Waals surface area contributed by atoms with Gasteiger partial charge in [-0.25, -0.2) is 4.52 Å². The molecule has 5 nitrogen and oxygen atoms in total. The van der Waals surface area contributed by atoms with Gasteiger partial charge < -0.3 is 0 Å². The predicted octanol–water partition coefficient (Wildman–Crippen LogP) is 4.32. The topological polar surface area (TPSA) is 60.2 Å². The number of ketones is 1. The zero-order valence-corrected chi connectivity index (χ0v) is 15.9. The smallest absolute Gasteiger partial charge is 0.185 e. The molecule has 138 valence electrons. The first-order chi connectivity index (χ1) is 13.6. The van der Waals surface area contributed by atoms with Crippen LogP contribution in [0.2, 0.25) is 0 Å². The SMILES string of the molecule is Cc1ccc(C2CC(=O)c3nnc4c(-c5ccccc5)c(C)nn4c3C2)cc1. The molecule has 1 aliphatic carbocycles. The summed E-state index contributed by atoms with van der Waals surface area (Å²) in [5.74, 6) is 0.174. The minimum atomic E-state index is 0.0376. The van der Waals surface area contributed by atoms with E-state index in [-0.39, 0.29) is 11.7 Å². The monoisotopic (exact) mass is 368 g/mol. The molecule has 5 rings (SSSR count). The molecule has 0 amide bonds. The Balaban J connectivity index is 1.66. The average molecular weight is 368 g/mol. The number of benzene rings is 2. The summed E-state index contributed by atoms with van der Waals surface area (Å²) in [5, 5.41) is 13.4. The Morgan fingerprint density at radius 3 is 2.43 bits per heavy atom. The number of fused-ring (bicyclic) bond motifs is 3. The van der Waals surface area contributed by atoms with Crippen LogP contribution in [0.1, 0.15) is 45.3 Å². The van der Waals surface area contributed by atoms with E-state index < -0.39 is 0 Å². The number of carbonyl (C=O) groups excluding carboxylic acids is 1. The maximum atomic E-state index is 12.8. The van der Waals surface area contributed by atoms with Crippen LogP contribution in [0.3, 0.4) is 0 Å². The third-order valence-corrected chi connectivity index (χ3v) is 5.56. The van der Waals surface area contributed by atoms with Gasteiger partial charge >= 0.3 is 0 Å². The second kappa shape index (κ2) is 6.37. The van der Waals surface area contributed by atoms with Crippen LogP contribution < -0.4 is 0 Å². The lowest BCUT2D eigenvalue weighted by Crippen LogP contribution is -2.24. The second-order valence-electron chi connectivity index (χ2n) is 7.50. The highest BCUT2D eigenvalue weighted by Gasteiger charge is 2.31. The van der Waals surface area contributed by atoms with Crippen molar-refractivity contribution in [2.24, 2.45) is 0 Å². The van der Waals surface area contributed by atoms with E-state index >= 15 is 0 Å². The third kappa shape index (κ3) is 2.62. The normalized spacial score (nSPS) is 16.4. The molecule has 1 aliphatic rings. The molecule has 1 atom stereocenters. The first kappa shape index (κ1) is 16.8. The van der Waals surface area contributed by atoms with Crippen LogP contribution in [0.5, 0.6) is 0 Å². The highest BCUT2D eigenvalue weighted by atomic mass is 16.1. The molecule has 0 bridgehead atoms. The van der Waals surface area contributed by atoms with E-state index in [1.54, 1.807) is 0 Å². The Hall–Kier alpha value is -3.34. The van der Waals surface area contributed by atoms with Gasteiger partial charge in [0.1, 0.15) is 0 Å². The molecule has 2 heterocycles. The molecule has 1 unspecified atom stereocenters. The Morgan fingerprint density at radius 2 is 1.68 bits per heavy atom. The molecule has 0 fully saturated rings. The number of aromatic nitrogens is 4. The largest absolute Gasteiger partial charge is 0.292 e. The fourth-order valence-electron chi connectivity index (χ4n) is 4.09. The van der Waals surface area contributed by atoms with E-state index in [1.807, 2.05) is 41.8 Å². The van der Waals surface area contributed by atoms with Gasteiger partial charge in [0.25, 0.3) is 0 Å². The van der Waals surface area contributed by atoms with Crippen molar-refractivity contribution in [3.63, 3.8) is 0 Å². The number of nitrogens with zero attached hydrogens (tertiary/aromatic N) is 4. The zero-order valence-electron chi connectivity index (χ0n) is 15.9. The molecule has 5 heteroatoms. The summed E-state index contributed by atoms with van der Waals surface area (Å²) in [7, 11) is 0. The van der Waals surface area contributed by atoms with Gasteiger partial charge in [0.2, 0.25) is 0 Å². The average Bonchev–Trinajstić information content (AvgIpc) is 3.05. The molecule has 0 saturated heterocycles. The first-order valence-electron chi connectivity index (χ1n) is 9.52. The van der Waals surface area contributed by atoms with Crippen molar-refractivity contribution in [2.75, 3.05) is 0 Å². The molecule has 0 N–H and O–H groups in total. The van der Waals surface area contributed by atoms with Crippen LogP contribution in [-0.2, 0) is 6.42 Å². The molecular weight excluding hydrogens is 348 g/mol. The number of hydrogen-bond acceptors (Lipinski definition) is 4. The van der Waals surface area contributed by atoms with Crippen LogP contribution >= 0.6 is 0 Å². The van der Waals surface area contributed by atoms with Crippen molar-refractivity contribution < 1.29 is 4.79 Å². The van der Waals surface area contributed by atoms with Crippen LogP contribution in [0.25, 0.3) is 16.8 Å². The Bertz CT molecular complexity index is 1190. The lowest BCUT2D eigenvalue weighted by molar-refractivity contribution is 0.0955. The summed E-state index contributed by atoms with van der Waals surface area (Å²) in [6.45, 7) is 4.05. The number of Topliss-reactive ketones (excluding diaryl/α,β-unsaturated/α-hetero) is 1. The molecule has 2 aromatic carbocycles. The van der Waals surface area contributed by atoms with Crippen molar-refractivity contribution in [1.29, 1.82) is 0 Å². The standard InChI is InChI=1S/C23H20N4O/c1-14-8-10-16(11-9-14)18-12-19-22(20(28)13-18)24-25-23-21(15(2)26-27(19)23)17-6-4-3-5-7-17/h3-11,18H,12-13H2,1-2H3. The number of aryl methyl sites for hydroxylation is 2. The third-order valence-electron chi connectivity index (χ3n) is 5.56. The second-order valence-corrected chi connectivity index (χ2v) is 7.50. The summed E-state index contributed by atoms with van der Waals surface area (Å²) in [6.07, 6.45) is 1.19. The molecule has 0 radical (unpaired) electrons. The van der Waals surface area contributed by atoms with Crippen LogP contribution in [0.15, 0.2) is 54.6 Å². The Kier molecular flexibility index (Phi) is 3.83. The summed E-state index contributed by atoms with van der Waals surface area (Å²) in [4.78, 5) is 12.8. The zero-order chi connectivity index (χ0) is 19.3. The summed E-state index contributed by atoms with van der Waals surface area (Å²) in [5.41, 5.74) is 7.34. The van der Waals surface area contributed by atoms with Gasteiger partial charge in [-0.2, -0.15) is 5.10 Å². The fraction of sp³-hybridized carbons (Fsp3) is 0.217. The van der Waals surface area contributed by atoms with E-state index in [0.29, 0.717) is 17.8 Å². The molecule has 0 spiro atoms. The van der Waals surface area contributed by atoms with E-state index in [9.17, 15) is 4.79 Å². The van der Waals surface area contributed by atoms with Gasteiger partial charge in [-0.05, 0) is 37.3 Å². The van der Waals surface area contributed by atoms with E-state index in [1.165, 1.54) is 11.1 Å². The minimum Gasteiger partial charge on any atom is -0.292 e. The number of carbonyl (C=O) groups is 1. The van der Waals surface area contributed by atoms with Crippen molar-refractivity contribution >= 4 is 11.4 Å². The maximum absolute atomic E-state index is 12.8. The quantitative estimate of drug-likeness (QED) is 0.529. The van der Waals surface area contributed by atoms with Crippen LogP contribution in [0, 0.1) is 13.8 Å². The van der Waals surface area contributed by atoms with Gasteiger partial charge in [-0.15, -0.1) is 10.2 Å². The number of rotatable bonds is 2. The Morgan fingerprint density at radius 1 is 0.929 bits per heavy atom.